The zero-order chi connectivity index (χ0) is 11.8. The first-order chi connectivity index (χ1) is 7.74. The van der Waals surface area contributed by atoms with Crippen LogP contribution in [-0.4, -0.2) is 23.5 Å². The van der Waals surface area contributed by atoms with E-state index in [1.54, 1.807) is 0 Å². The second-order valence-electron chi connectivity index (χ2n) is 3.79. The second-order valence-corrected chi connectivity index (χ2v) is 5.16. The molecule has 1 atom stereocenters. The summed E-state index contributed by atoms with van der Waals surface area (Å²) in [6.45, 7) is 3.21. The molecule has 1 aromatic rings. The maximum atomic E-state index is 5.74. The van der Waals surface area contributed by atoms with Crippen LogP contribution in [0.1, 0.15) is 31.4 Å². The number of rotatable bonds is 7. The van der Waals surface area contributed by atoms with E-state index in [1.807, 2.05) is 30.1 Å². The number of hydrogen-bond donors (Lipinski definition) is 1. The van der Waals surface area contributed by atoms with E-state index in [4.69, 9.17) is 11.6 Å². The van der Waals surface area contributed by atoms with Crippen LogP contribution < -0.4 is 5.32 Å². The third-order valence-electron chi connectivity index (χ3n) is 2.48. The lowest BCUT2D eigenvalue weighted by Gasteiger charge is -2.13. The van der Waals surface area contributed by atoms with E-state index in [0.717, 1.165) is 6.54 Å². The van der Waals surface area contributed by atoms with Gasteiger partial charge in [0.25, 0.3) is 0 Å². The third-order valence-corrected chi connectivity index (χ3v) is 3.40. The van der Waals surface area contributed by atoms with Crippen molar-refractivity contribution in [3.63, 3.8) is 0 Å². The highest BCUT2D eigenvalue weighted by Crippen LogP contribution is 2.13. The molecule has 0 aliphatic rings. The molecule has 0 spiro atoms. The number of halogens is 1. The Morgan fingerprint density at radius 1 is 1.44 bits per heavy atom. The molecule has 16 heavy (non-hydrogen) atoms. The molecule has 0 amide bonds. The smallest absolute Gasteiger partial charge is 0.129 e. The molecule has 0 saturated carbocycles. The lowest BCUT2D eigenvalue weighted by molar-refractivity contribution is 0.554. The van der Waals surface area contributed by atoms with E-state index in [-0.39, 0.29) is 0 Å². The summed E-state index contributed by atoms with van der Waals surface area (Å²) in [5.74, 6) is 1.25. The summed E-state index contributed by atoms with van der Waals surface area (Å²) < 4.78 is 0. The average molecular weight is 259 g/mol. The quantitative estimate of drug-likeness (QED) is 0.598. The predicted octanol–water partition coefficient (Wildman–Crippen LogP) is 3.53. The van der Waals surface area contributed by atoms with Crippen molar-refractivity contribution in [1.29, 1.82) is 0 Å². The van der Waals surface area contributed by atoms with E-state index in [0.29, 0.717) is 11.2 Å². The molecular weight excluding hydrogens is 240 g/mol. The van der Waals surface area contributed by atoms with Gasteiger partial charge in [0.1, 0.15) is 5.15 Å². The summed E-state index contributed by atoms with van der Waals surface area (Å²) in [6, 6.07) is 4.21. The molecule has 1 heterocycles. The van der Waals surface area contributed by atoms with Crippen molar-refractivity contribution in [1.82, 2.24) is 10.3 Å². The molecule has 90 valence electrons. The number of unbranched alkanes of at least 4 members (excludes halogenated alkanes) is 1. The predicted molar refractivity (Wildman–Crippen MR) is 73.3 cm³/mol. The topological polar surface area (TPSA) is 24.9 Å². The lowest BCUT2D eigenvalue weighted by atomic mass is 10.1. The van der Waals surface area contributed by atoms with Crippen LogP contribution in [0.5, 0.6) is 0 Å². The van der Waals surface area contributed by atoms with Gasteiger partial charge in [0.05, 0.1) is 0 Å². The van der Waals surface area contributed by atoms with Gasteiger partial charge in [-0.1, -0.05) is 17.7 Å². The van der Waals surface area contributed by atoms with Gasteiger partial charge in [0, 0.05) is 12.2 Å². The SMILES string of the molecule is CSCCCCNC(C)c1ccc(Cl)nc1. The van der Waals surface area contributed by atoms with Crippen molar-refractivity contribution in [2.45, 2.75) is 25.8 Å². The molecular formula is C12H19ClN2S. The van der Waals surface area contributed by atoms with Crippen molar-refractivity contribution in [2.24, 2.45) is 0 Å². The van der Waals surface area contributed by atoms with Crippen LogP contribution in [0.4, 0.5) is 0 Å². The molecule has 1 aromatic heterocycles. The minimum atomic E-state index is 0.346. The Morgan fingerprint density at radius 3 is 2.88 bits per heavy atom. The van der Waals surface area contributed by atoms with Crippen molar-refractivity contribution in [3.05, 3.63) is 29.0 Å². The number of thioether (sulfide) groups is 1. The van der Waals surface area contributed by atoms with Crippen molar-refractivity contribution >= 4 is 23.4 Å². The molecule has 0 saturated heterocycles. The molecule has 0 aliphatic heterocycles. The summed E-state index contributed by atoms with van der Waals surface area (Å²) in [4.78, 5) is 4.08. The van der Waals surface area contributed by atoms with Gasteiger partial charge in [0.2, 0.25) is 0 Å². The number of aromatic nitrogens is 1. The Labute approximate surface area is 107 Å². The molecule has 0 fully saturated rings. The second kappa shape index (κ2) is 7.93. The highest BCUT2D eigenvalue weighted by molar-refractivity contribution is 7.98. The van der Waals surface area contributed by atoms with E-state index in [9.17, 15) is 0 Å². The molecule has 1 rings (SSSR count). The Morgan fingerprint density at radius 2 is 2.25 bits per heavy atom. The Hall–Kier alpha value is -0.250. The molecule has 1 unspecified atom stereocenters. The first kappa shape index (κ1) is 13.8. The summed E-state index contributed by atoms with van der Waals surface area (Å²) in [7, 11) is 0. The number of hydrogen-bond acceptors (Lipinski definition) is 3. The first-order valence-corrected chi connectivity index (χ1v) is 7.35. The standard InChI is InChI=1S/C12H19ClN2S/c1-10(14-7-3-4-8-16-2)11-5-6-12(13)15-9-11/h5-6,9-10,14H,3-4,7-8H2,1-2H3. The highest BCUT2D eigenvalue weighted by Gasteiger charge is 2.04. The fourth-order valence-electron chi connectivity index (χ4n) is 1.45. The van der Waals surface area contributed by atoms with E-state index < -0.39 is 0 Å². The van der Waals surface area contributed by atoms with Crippen LogP contribution in [0.2, 0.25) is 5.15 Å². The summed E-state index contributed by atoms with van der Waals surface area (Å²) in [6.07, 6.45) is 6.49. The Kier molecular flexibility index (Phi) is 6.85. The average Bonchev–Trinajstić information content (AvgIpc) is 2.29. The maximum Gasteiger partial charge on any atom is 0.129 e. The van der Waals surface area contributed by atoms with E-state index in [1.165, 1.54) is 24.2 Å². The first-order valence-electron chi connectivity index (χ1n) is 5.58. The number of nitrogens with one attached hydrogen (secondary N) is 1. The summed E-state index contributed by atoms with van der Waals surface area (Å²) >= 11 is 7.65. The number of nitrogens with zero attached hydrogens (tertiary/aromatic N) is 1. The van der Waals surface area contributed by atoms with Gasteiger partial charge in [-0.2, -0.15) is 11.8 Å². The fourth-order valence-corrected chi connectivity index (χ4v) is 2.06. The lowest BCUT2D eigenvalue weighted by Crippen LogP contribution is -2.20. The van der Waals surface area contributed by atoms with Gasteiger partial charge in [-0.05, 0) is 49.9 Å². The zero-order valence-electron chi connectivity index (χ0n) is 9.87. The molecule has 0 bridgehead atoms. The van der Waals surface area contributed by atoms with E-state index in [2.05, 4.69) is 23.5 Å². The van der Waals surface area contributed by atoms with Gasteiger partial charge in [-0.25, -0.2) is 4.98 Å². The van der Waals surface area contributed by atoms with Crippen LogP contribution in [0.25, 0.3) is 0 Å². The zero-order valence-corrected chi connectivity index (χ0v) is 11.4. The Bertz CT molecular complexity index is 290. The fraction of sp³-hybridized carbons (Fsp3) is 0.583. The summed E-state index contributed by atoms with van der Waals surface area (Å²) in [5.41, 5.74) is 1.19. The Balaban J connectivity index is 2.24. The molecule has 4 heteroatoms. The monoisotopic (exact) mass is 258 g/mol. The molecule has 0 aliphatic carbocycles. The van der Waals surface area contributed by atoms with Crippen molar-refractivity contribution in [2.75, 3.05) is 18.6 Å². The minimum absolute atomic E-state index is 0.346. The molecule has 0 aromatic carbocycles. The van der Waals surface area contributed by atoms with Crippen LogP contribution in [-0.2, 0) is 0 Å². The minimum Gasteiger partial charge on any atom is -0.310 e. The largest absolute Gasteiger partial charge is 0.310 e. The van der Waals surface area contributed by atoms with Crippen LogP contribution in [0.3, 0.4) is 0 Å². The van der Waals surface area contributed by atoms with Crippen molar-refractivity contribution < 1.29 is 0 Å². The summed E-state index contributed by atoms with van der Waals surface area (Å²) in [5, 5.41) is 4.04. The molecule has 0 radical (unpaired) electrons. The van der Waals surface area contributed by atoms with Crippen molar-refractivity contribution in [3.8, 4) is 0 Å². The van der Waals surface area contributed by atoms with Gasteiger partial charge in [-0.15, -0.1) is 0 Å². The normalized spacial score (nSPS) is 12.7. The number of pyridine rings is 1. The van der Waals surface area contributed by atoms with Crippen LogP contribution in [0.15, 0.2) is 18.3 Å². The van der Waals surface area contributed by atoms with Crippen LogP contribution in [0, 0.1) is 0 Å². The maximum absolute atomic E-state index is 5.74. The van der Waals surface area contributed by atoms with Crippen LogP contribution >= 0.6 is 23.4 Å². The highest BCUT2D eigenvalue weighted by atomic mass is 35.5. The van der Waals surface area contributed by atoms with Gasteiger partial charge in [0.15, 0.2) is 0 Å². The van der Waals surface area contributed by atoms with Gasteiger partial charge < -0.3 is 5.32 Å². The molecule has 2 nitrogen and oxygen atoms in total. The van der Waals surface area contributed by atoms with E-state index >= 15 is 0 Å². The molecule has 1 N–H and O–H groups in total. The van der Waals surface area contributed by atoms with Gasteiger partial charge in [-0.3, -0.25) is 0 Å². The third kappa shape index (κ3) is 5.19. The van der Waals surface area contributed by atoms with Gasteiger partial charge >= 0.3 is 0 Å².